The molecule has 0 unspecified atom stereocenters. The molecule has 0 saturated carbocycles. The van der Waals surface area contributed by atoms with Crippen LogP contribution in [0.2, 0.25) is 0 Å². The van der Waals surface area contributed by atoms with Crippen LogP contribution in [0.1, 0.15) is 26.3 Å². The van der Waals surface area contributed by atoms with E-state index in [-0.39, 0.29) is 22.8 Å². The predicted molar refractivity (Wildman–Crippen MR) is 112 cm³/mol. The minimum Gasteiger partial charge on any atom is -0.490 e. The summed E-state index contributed by atoms with van der Waals surface area (Å²) in [5, 5.41) is 15.1. The van der Waals surface area contributed by atoms with Gasteiger partial charge in [-0.15, -0.1) is 0 Å². The number of benzene rings is 3. The fraction of sp³-hybridized carbons (Fsp3) is 0.130. The third-order valence-corrected chi connectivity index (χ3v) is 5.04. The number of carbonyl (C=O) groups excluding carboxylic acids is 1. The molecule has 170 valence electrons. The number of fused-ring (bicyclic) bond motifs is 1. The number of ether oxygens (including phenoxy) is 1. The number of carboxylic acid groups (broad SMARTS) is 1. The second-order valence-electron chi connectivity index (χ2n) is 7.17. The smallest absolute Gasteiger partial charge is 0.416 e. The van der Waals surface area contributed by atoms with Gasteiger partial charge < -0.3 is 20.5 Å². The number of carboxylic acids is 1. The van der Waals surface area contributed by atoms with E-state index in [9.17, 15) is 32.3 Å². The third kappa shape index (κ3) is 4.45. The van der Waals surface area contributed by atoms with Crippen LogP contribution < -0.4 is 15.4 Å². The molecule has 0 aromatic heterocycles. The number of rotatable bonds is 4. The summed E-state index contributed by atoms with van der Waals surface area (Å²) in [6.45, 7) is 1.06. The highest BCUT2D eigenvalue weighted by Crippen LogP contribution is 2.35. The summed E-state index contributed by atoms with van der Waals surface area (Å²) in [6, 6.07) is 10.9. The molecule has 0 aliphatic carbocycles. The Kier molecular flexibility index (Phi) is 5.67. The van der Waals surface area contributed by atoms with Gasteiger partial charge in [0.15, 0.2) is 0 Å². The Morgan fingerprint density at radius 2 is 1.85 bits per heavy atom. The molecular weight excluding hydrogens is 444 g/mol. The highest BCUT2D eigenvalue weighted by atomic mass is 19.4. The van der Waals surface area contributed by atoms with Gasteiger partial charge >= 0.3 is 12.1 Å². The molecule has 0 saturated heterocycles. The molecule has 1 heterocycles. The molecule has 10 heteroatoms. The van der Waals surface area contributed by atoms with Crippen LogP contribution in [0.3, 0.4) is 0 Å². The standard InChI is InChI=1S/C23H16F4N2O4/c24-16-11-13(23(25,26)27)5-7-17(16)29-21(30)15-3-1-2-14(20(15)22(31)32)12-4-6-18-19(10-12)33-9-8-28-18/h1-7,10-11,28H,8-9H2,(H,29,30)(H,31,32). The zero-order valence-corrected chi connectivity index (χ0v) is 16.8. The van der Waals surface area contributed by atoms with Crippen molar-refractivity contribution in [2.45, 2.75) is 6.18 Å². The summed E-state index contributed by atoms with van der Waals surface area (Å²) in [7, 11) is 0. The van der Waals surface area contributed by atoms with Gasteiger partial charge in [-0.05, 0) is 47.5 Å². The van der Waals surface area contributed by atoms with Crippen LogP contribution in [0.4, 0.5) is 28.9 Å². The number of carbonyl (C=O) groups is 2. The fourth-order valence-electron chi connectivity index (χ4n) is 3.50. The van der Waals surface area contributed by atoms with Crippen molar-refractivity contribution in [3.63, 3.8) is 0 Å². The lowest BCUT2D eigenvalue weighted by Crippen LogP contribution is -2.19. The van der Waals surface area contributed by atoms with Crippen molar-refractivity contribution in [2.24, 2.45) is 0 Å². The highest BCUT2D eigenvalue weighted by Gasteiger charge is 2.31. The number of hydrogen-bond donors (Lipinski definition) is 3. The normalized spacial score (nSPS) is 12.8. The summed E-state index contributed by atoms with van der Waals surface area (Å²) in [5.41, 5.74) is -0.904. The molecule has 6 nitrogen and oxygen atoms in total. The molecule has 1 amide bonds. The molecule has 4 rings (SSSR count). The van der Waals surface area contributed by atoms with Gasteiger partial charge in [-0.1, -0.05) is 18.2 Å². The number of halogens is 4. The zero-order chi connectivity index (χ0) is 23.8. The van der Waals surface area contributed by atoms with Gasteiger partial charge in [0.1, 0.15) is 18.2 Å². The lowest BCUT2D eigenvalue weighted by atomic mass is 9.94. The van der Waals surface area contributed by atoms with Crippen LogP contribution in [0.25, 0.3) is 11.1 Å². The van der Waals surface area contributed by atoms with Crippen LogP contribution in [-0.2, 0) is 6.18 Å². The first-order chi connectivity index (χ1) is 15.6. The molecule has 0 bridgehead atoms. The second-order valence-corrected chi connectivity index (χ2v) is 7.17. The van der Waals surface area contributed by atoms with E-state index in [0.717, 1.165) is 11.8 Å². The fourth-order valence-corrected chi connectivity index (χ4v) is 3.50. The number of alkyl halides is 3. The minimum atomic E-state index is -4.75. The summed E-state index contributed by atoms with van der Waals surface area (Å²) in [6.07, 6.45) is -4.75. The van der Waals surface area contributed by atoms with Crippen molar-refractivity contribution in [3.8, 4) is 16.9 Å². The number of amides is 1. The first-order valence-electron chi connectivity index (χ1n) is 9.70. The number of aromatic carboxylic acids is 1. The number of nitrogens with one attached hydrogen (secondary N) is 2. The van der Waals surface area contributed by atoms with Crippen molar-refractivity contribution < 1.29 is 37.0 Å². The van der Waals surface area contributed by atoms with Gasteiger partial charge in [-0.3, -0.25) is 4.79 Å². The minimum absolute atomic E-state index is 0.222. The molecule has 0 radical (unpaired) electrons. The number of anilines is 2. The monoisotopic (exact) mass is 460 g/mol. The third-order valence-electron chi connectivity index (χ3n) is 5.04. The molecule has 3 N–H and O–H groups in total. The Hall–Kier alpha value is -4.08. The van der Waals surface area contributed by atoms with Gasteiger partial charge in [0.2, 0.25) is 0 Å². The summed E-state index contributed by atoms with van der Waals surface area (Å²) >= 11 is 0. The van der Waals surface area contributed by atoms with Gasteiger partial charge in [-0.25, -0.2) is 9.18 Å². The Labute approximate surface area is 184 Å². The Balaban J connectivity index is 1.70. The maximum absolute atomic E-state index is 14.2. The Morgan fingerprint density at radius 3 is 2.55 bits per heavy atom. The van der Waals surface area contributed by atoms with Crippen LogP contribution in [0.5, 0.6) is 5.75 Å². The van der Waals surface area contributed by atoms with Crippen LogP contribution >= 0.6 is 0 Å². The van der Waals surface area contributed by atoms with Crippen LogP contribution in [-0.4, -0.2) is 30.1 Å². The van der Waals surface area contributed by atoms with E-state index < -0.39 is 35.1 Å². The average Bonchev–Trinajstić information content (AvgIpc) is 2.78. The highest BCUT2D eigenvalue weighted by molar-refractivity contribution is 6.13. The van der Waals surface area contributed by atoms with E-state index >= 15 is 0 Å². The predicted octanol–water partition coefficient (Wildman–Crippen LogP) is 5.27. The number of hydrogen-bond acceptors (Lipinski definition) is 4. The van der Waals surface area contributed by atoms with Gasteiger partial charge in [-0.2, -0.15) is 13.2 Å². The van der Waals surface area contributed by atoms with E-state index in [0.29, 0.717) is 30.5 Å². The molecule has 33 heavy (non-hydrogen) atoms. The van der Waals surface area contributed by atoms with Crippen molar-refractivity contribution >= 4 is 23.3 Å². The molecule has 1 aliphatic heterocycles. The largest absolute Gasteiger partial charge is 0.490 e. The molecule has 0 fully saturated rings. The lowest BCUT2D eigenvalue weighted by Gasteiger charge is -2.20. The topological polar surface area (TPSA) is 87.7 Å². The molecule has 0 spiro atoms. The van der Waals surface area contributed by atoms with Gasteiger partial charge in [0.05, 0.1) is 28.1 Å². The summed E-state index contributed by atoms with van der Waals surface area (Å²) in [5.74, 6) is -3.16. The first-order valence-corrected chi connectivity index (χ1v) is 9.70. The van der Waals surface area contributed by atoms with E-state index in [4.69, 9.17) is 4.74 Å². The SMILES string of the molecule is O=C(Nc1ccc(C(F)(F)F)cc1F)c1cccc(-c2ccc3c(c2)OCCN3)c1C(=O)O. The van der Waals surface area contributed by atoms with E-state index in [1.807, 2.05) is 0 Å². The van der Waals surface area contributed by atoms with E-state index in [2.05, 4.69) is 10.6 Å². The second kappa shape index (κ2) is 8.45. The maximum atomic E-state index is 14.2. The molecule has 0 atom stereocenters. The van der Waals surface area contributed by atoms with E-state index in [1.165, 1.54) is 18.2 Å². The van der Waals surface area contributed by atoms with Gasteiger partial charge in [0.25, 0.3) is 5.91 Å². The first kappa shape index (κ1) is 22.1. The van der Waals surface area contributed by atoms with E-state index in [1.54, 1.807) is 18.2 Å². The molecule has 1 aliphatic rings. The van der Waals surface area contributed by atoms with Crippen LogP contribution in [0, 0.1) is 5.82 Å². The summed E-state index contributed by atoms with van der Waals surface area (Å²) < 4.78 is 58.0. The zero-order valence-electron chi connectivity index (χ0n) is 16.8. The quantitative estimate of drug-likeness (QED) is 0.462. The van der Waals surface area contributed by atoms with Crippen molar-refractivity contribution in [2.75, 3.05) is 23.8 Å². The summed E-state index contributed by atoms with van der Waals surface area (Å²) in [4.78, 5) is 24.9. The Morgan fingerprint density at radius 1 is 1.06 bits per heavy atom. The van der Waals surface area contributed by atoms with Gasteiger partial charge in [0, 0.05) is 6.54 Å². The van der Waals surface area contributed by atoms with Crippen molar-refractivity contribution in [1.82, 2.24) is 0 Å². The van der Waals surface area contributed by atoms with Crippen LogP contribution in [0.15, 0.2) is 54.6 Å². The van der Waals surface area contributed by atoms with Crippen molar-refractivity contribution in [1.29, 1.82) is 0 Å². The average molecular weight is 460 g/mol. The molecule has 3 aromatic carbocycles. The van der Waals surface area contributed by atoms with Crippen molar-refractivity contribution in [3.05, 3.63) is 77.1 Å². The Bertz CT molecular complexity index is 1260. The molecule has 3 aromatic rings. The maximum Gasteiger partial charge on any atom is 0.416 e. The lowest BCUT2D eigenvalue weighted by molar-refractivity contribution is -0.137. The molecular formula is C23H16F4N2O4.